The van der Waals surface area contributed by atoms with Gasteiger partial charge in [0.1, 0.15) is 17.9 Å². The van der Waals surface area contributed by atoms with Gasteiger partial charge in [-0.1, -0.05) is 6.07 Å². The number of hydrogen-bond acceptors (Lipinski definition) is 8. The largest absolute Gasteiger partial charge is 0.467 e. The van der Waals surface area contributed by atoms with Gasteiger partial charge in [-0.25, -0.2) is 15.0 Å². The third-order valence-electron chi connectivity index (χ3n) is 3.15. The van der Waals surface area contributed by atoms with Gasteiger partial charge in [0.25, 0.3) is 0 Å². The number of nitro groups is 1. The molecule has 0 aliphatic carbocycles. The second-order valence-corrected chi connectivity index (χ2v) is 4.90. The number of pyridine rings is 1. The predicted octanol–water partition coefficient (Wildman–Crippen LogP) is 3.04. The van der Waals surface area contributed by atoms with Gasteiger partial charge in [-0.2, -0.15) is 0 Å². The van der Waals surface area contributed by atoms with E-state index in [-0.39, 0.29) is 23.9 Å². The third kappa shape index (κ3) is 3.46. The molecule has 0 aromatic carbocycles. The van der Waals surface area contributed by atoms with Crippen LogP contribution in [0.4, 0.5) is 23.1 Å². The lowest BCUT2D eigenvalue weighted by molar-refractivity contribution is -0.383. The van der Waals surface area contributed by atoms with Crippen molar-refractivity contribution in [1.82, 2.24) is 15.0 Å². The van der Waals surface area contributed by atoms with Crippen molar-refractivity contribution in [2.45, 2.75) is 13.5 Å². The minimum absolute atomic E-state index is 0.0649. The van der Waals surface area contributed by atoms with Crippen LogP contribution in [0.15, 0.2) is 47.3 Å². The summed E-state index contributed by atoms with van der Waals surface area (Å²) in [6.07, 6.45) is 2.78. The molecular formula is C15H14N6O3. The molecule has 0 bridgehead atoms. The lowest BCUT2D eigenvalue weighted by Gasteiger charge is -2.09. The lowest BCUT2D eigenvalue weighted by atomic mass is 10.3. The molecule has 0 amide bonds. The molecule has 0 saturated carbocycles. The van der Waals surface area contributed by atoms with Crippen LogP contribution in [-0.2, 0) is 6.54 Å². The standard InChI is InChI=1S/C15H14N6O3/c1-10-4-2-6-12(19-10)20-15-13(21(22)23)14(17-9-18-15)16-8-11-5-3-7-24-11/h2-7,9H,8H2,1H3,(H2,16,17,18,19,20). The average Bonchev–Trinajstić information content (AvgIpc) is 3.06. The van der Waals surface area contributed by atoms with Crippen molar-refractivity contribution in [3.8, 4) is 0 Å². The number of hydrogen-bond donors (Lipinski definition) is 2. The molecular weight excluding hydrogens is 312 g/mol. The van der Waals surface area contributed by atoms with Crippen molar-refractivity contribution in [2.75, 3.05) is 10.6 Å². The first-order chi connectivity index (χ1) is 11.6. The van der Waals surface area contributed by atoms with Gasteiger partial charge in [0, 0.05) is 5.69 Å². The van der Waals surface area contributed by atoms with E-state index >= 15 is 0 Å². The number of anilines is 3. The van der Waals surface area contributed by atoms with Crippen molar-refractivity contribution in [3.05, 3.63) is 64.5 Å². The predicted molar refractivity (Wildman–Crippen MR) is 87.0 cm³/mol. The maximum Gasteiger partial charge on any atom is 0.353 e. The van der Waals surface area contributed by atoms with E-state index in [1.165, 1.54) is 12.6 Å². The van der Waals surface area contributed by atoms with Gasteiger partial charge in [-0.15, -0.1) is 0 Å². The SMILES string of the molecule is Cc1cccc(Nc2ncnc(NCc3ccco3)c2[N+](=O)[O-])n1. The smallest absolute Gasteiger partial charge is 0.353 e. The van der Waals surface area contributed by atoms with Gasteiger partial charge >= 0.3 is 5.69 Å². The normalized spacial score (nSPS) is 10.4. The molecule has 0 radical (unpaired) electrons. The molecule has 24 heavy (non-hydrogen) atoms. The van der Waals surface area contributed by atoms with Crippen molar-refractivity contribution >= 4 is 23.1 Å². The van der Waals surface area contributed by atoms with Crippen molar-refractivity contribution in [2.24, 2.45) is 0 Å². The molecule has 2 N–H and O–H groups in total. The topological polar surface area (TPSA) is 119 Å². The fourth-order valence-corrected chi connectivity index (χ4v) is 2.09. The number of rotatable bonds is 6. The summed E-state index contributed by atoms with van der Waals surface area (Å²) in [7, 11) is 0. The van der Waals surface area contributed by atoms with E-state index in [2.05, 4.69) is 25.6 Å². The molecule has 3 aromatic heterocycles. The van der Waals surface area contributed by atoms with E-state index in [9.17, 15) is 10.1 Å². The summed E-state index contributed by atoms with van der Waals surface area (Å²) in [5, 5.41) is 17.2. The first kappa shape index (κ1) is 15.4. The third-order valence-corrected chi connectivity index (χ3v) is 3.15. The zero-order valence-electron chi connectivity index (χ0n) is 12.8. The average molecular weight is 326 g/mol. The van der Waals surface area contributed by atoms with Crippen LogP contribution >= 0.6 is 0 Å². The molecule has 0 atom stereocenters. The first-order valence-electron chi connectivity index (χ1n) is 7.10. The van der Waals surface area contributed by atoms with Crippen LogP contribution < -0.4 is 10.6 Å². The Hall–Kier alpha value is -3.49. The molecule has 0 saturated heterocycles. The molecule has 9 nitrogen and oxygen atoms in total. The summed E-state index contributed by atoms with van der Waals surface area (Å²) in [6.45, 7) is 2.10. The second-order valence-electron chi connectivity index (χ2n) is 4.90. The highest BCUT2D eigenvalue weighted by molar-refractivity contribution is 5.72. The van der Waals surface area contributed by atoms with Gasteiger partial charge in [0.15, 0.2) is 0 Å². The quantitative estimate of drug-likeness (QED) is 0.524. The molecule has 9 heteroatoms. The number of nitrogens with one attached hydrogen (secondary N) is 2. The highest BCUT2D eigenvalue weighted by Crippen LogP contribution is 2.30. The van der Waals surface area contributed by atoms with E-state index in [1.54, 1.807) is 24.3 Å². The van der Waals surface area contributed by atoms with Crippen LogP contribution in [0.5, 0.6) is 0 Å². The Morgan fingerprint density at radius 2 is 2.04 bits per heavy atom. The summed E-state index contributed by atoms with van der Waals surface area (Å²) in [5.41, 5.74) is 0.528. The summed E-state index contributed by atoms with van der Waals surface area (Å²) >= 11 is 0. The number of aromatic nitrogens is 3. The molecule has 0 spiro atoms. The Labute approximate surface area is 136 Å². The lowest BCUT2D eigenvalue weighted by Crippen LogP contribution is -2.08. The zero-order chi connectivity index (χ0) is 16.9. The van der Waals surface area contributed by atoms with Gasteiger partial charge < -0.3 is 15.1 Å². The number of furan rings is 1. The van der Waals surface area contributed by atoms with Crippen LogP contribution in [0.3, 0.4) is 0 Å². The Kier molecular flexibility index (Phi) is 4.32. The fourth-order valence-electron chi connectivity index (χ4n) is 2.09. The minimum Gasteiger partial charge on any atom is -0.467 e. The van der Waals surface area contributed by atoms with Gasteiger partial charge in [0.2, 0.25) is 11.6 Å². The molecule has 0 aliphatic heterocycles. The number of nitrogens with zero attached hydrogens (tertiary/aromatic N) is 4. The fraction of sp³-hybridized carbons (Fsp3) is 0.133. The highest BCUT2D eigenvalue weighted by atomic mass is 16.6. The molecule has 3 heterocycles. The molecule has 0 unspecified atom stereocenters. The van der Waals surface area contributed by atoms with E-state index in [4.69, 9.17) is 4.42 Å². The second kappa shape index (κ2) is 6.73. The Morgan fingerprint density at radius 1 is 1.21 bits per heavy atom. The van der Waals surface area contributed by atoms with E-state index in [1.807, 2.05) is 13.0 Å². The molecule has 0 aliphatic rings. The van der Waals surface area contributed by atoms with Crippen LogP contribution in [0.1, 0.15) is 11.5 Å². The molecule has 3 rings (SSSR count). The van der Waals surface area contributed by atoms with Crippen LogP contribution in [0.2, 0.25) is 0 Å². The Morgan fingerprint density at radius 3 is 2.75 bits per heavy atom. The summed E-state index contributed by atoms with van der Waals surface area (Å²) < 4.78 is 5.19. The Balaban J connectivity index is 1.88. The summed E-state index contributed by atoms with van der Waals surface area (Å²) in [5.74, 6) is 1.27. The van der Waals surface area contributed by atoms with Crippen LogP contribution in [0.25, 0.3) is 0 Å². The monoisotopic (exact) mass is 326 g/mol. The maximum absolute atomic E-state index is 11.5. The van der Waals surface area contributed by atoms with Crippen molar-refractivity contribution < 1.29 is 9.34 Å². The molecule has 0 fully saturated rings. The zero-order valence-corrected chi connectivity index (χ0v) is 12.8. The van der Waals surface area contributed by atoms with E-state index in [0.29, 0.717) is 11.6 Å². The van der Waals surface area contributed by atoms with Gasteiger partial charge in [-0.3, -0.25) is 10.1 Å². The minimum atomic E-state index is -0.539. The van der Waals surface area contributed by atoms with Gasteiger partial charge in [-0.05, 0) is 31.2 Å². The molecule has 122 valence electrons. The van der Waals surface area contributed by atoms with Crippen molar-refractivity contribution in [1.29, 1.82) is 0 Å². The Bertz CT molecular complexity index is 850. The van der Waals surface area contributed by atoms with Gasteiger partial charge in [0.05, 0.1) is 17.7 Å². The van der Waals surface area contributed by atoms with E-state index in [0.717, 1.165) is 5.69 Å². The van der Waals surface area contributed by atoms with Crippen molar-refractivity contribution in [3.63, 3.8) is 0 Å². The summed E-state index contributed by atoms with van der Waals surface area (Å²) in [6, 6.07) is 8.83. The van der Waals surface area contributed by atoms with Crippen LogP contribution in [0, 0.1) is 17.0 Å². The summed E-state index contributed by atoms with van der Waals surface area (Å²) in [4.78, 5) is 23.1. The number of aryl methyl sites for hydroxylation is 1. The van der Waals surface area contributed by atoms with Crippen LogP contribution in [-0.4, -0.2) is 19.9 Å². The molecule has 3 aromatic rings. The first-order valence-corrected chi connectivity index (χ1v) is 7.10. The highest BCUT2D eigenvalue weighted by Gasteiger charge is 2.23. The van der Waals surface area contributed by atoms with E-state index < -0.39 is 4.92 Å². The maximum atomic E-state index is 11.5.